The van der Waals surface area contributed by atoms with Crippen LogP contribution in [0.2, 0.25) is 0 Å². The Hall–Kier alpha value is -2.01. The Morgan fingerprint density at radius 1 is 1.20 bits per heavy atom. The molecule has 5 heteroatoms. The summed E-state index contributed by atoms with van der Waals surface area (Å²) in [4.78, 5) is 6.91. The fourth-order valence-corrected chi connectivity index (χ4v) is 3.36. The topological polar surface area (TPSA) is 47.7 Å². The van der Waals surface area contributed by atoms with E-state index in [9.17, 15) is 0 Å². The molecular formula is C20H28N2O3. The SMILES string of the molecule is COc1ccc([C@H]2CCCN2Cc2ncc(C(C)(C)C)o2)cc1OC. The lowest BCUT2D eigenvalue weighted by Crippen LogP contribution is -2.23. The van der Waals surface area contributed by atoms with Gasteiger partial charge in [0.05, 0.1) is 27.0 Å². The summed E-state index contributed by atoms with van der Waals surface area (Å²) in [5, 5.41) is 0. The maximum absolute atomic E-state index is 5.98. The van der Waals surface area contributed by atoms with Crippen molar-refractivity contribution in [1.29, 1.82) is 0 Å². The van der Waals surface area contributed by atoms with E-state index >= 15 is 0 Å². The van der Waals surface area contributed by atoms with Gasteiger partial charge in [0.25, 0.3) is 0 Å². The van der Waals surface area contributed by atoms with Crippen molar-refractivity contribution >= 4 is 0 Å². The van der Waals surface area contributed by atoms with E-state index in [2.05, 4.69) is 42.8 Å². The Kier molecular flexibility index (Phi) is 5.04. The summed E-state index contributed by atoms with van der Waals surface area (Å²) < 4.78 is 16.8. The standard InChI is InChI=1S/C20H28N2O3/c1-20(2,3)18-12-21-19(25-18)13-22-10-6-7-15(22)14-8-9-16(23-4)17(11-14)24-5/h8-9,11-12,15H,6-7,10,13H2,1-5H3/t15-/m1/s1. The highest BCUT2D eigenvalue weighted by atomic mass is 16.5. The smallest absolute Gasteiger partial charge is 0.208 e. The van der Waals surface area contributed by atoms with Gasteiger partial charge < -0.3 is 13.9 Å². The summed E-state index contributed by atoms with van der Waals surface area (Å²) in [6, 6.07) is 6.54. The zero-order valence-corrected chi connectivity index (χ0v) is 15.8. The van der Waals surface area contributed by atoms with Gasteiger partial charge in [0.2, 0.25) is 5.89 Å². The monoisotopic (exact) mass is 344 g/mol. The van der Waals surface area contributed by atoms with Crippen LogP contribution < -0.4 is 9.47 Å². The first-order valence-electron chi connectivity index (χ1n) is 8.83. The molecule has 25 heavy (non-hydrogen) atoms. The van der Waals surface area contributed by atoms with Crippen LogP contribution in [0.1, 0.15) is 56.9 Å². The van der Waals surface area contributed by atoms with E-state index in [-0.39, 0.29) is 5.41 Å². The number of methoxy groups -OCH3 is 2. The van der Waals surface area contributed by atoms with E-state index in [1.165, 1.54) is 12.0 Å². The van der Waals surface area contributed by atoms with E-state index in [4.69, 9.17) is 13.9 Å². The molecule has 5 nitrogen and oxygen atoms in total. The molecule has 1 aliphatic heterocycles. The van der Waals surface area contributed by atoms with Gasteiger partial charge in [0.1, 0.15) is 5.76 Å². The molecule has 2 aromatic rings. The first-order chi connectivity index (χ1) is 11.9. The molecule has 136 valence electrons. The van der Waals surface area contributed by atoms with Crippen molar-refractivity contribution in [3.05, 3.63) is 41.6 Å². The molecule has 0 aliphatic carbocycles. The van der Waals surface area contributed by atoms with Crippen LogP contribution in [0.3, 0.4) is 0 Å². The molecule has 1 fully saturated rings. The van der Waals surface area contributed by atoms with Crippen LogP contribution in [0.15, 0.2) is 28.8 Å². The third-order valence-corrected chi connectivity index (χ3v) is 4.79. The number of benzene rings is 1. The van der Waals surface area contributed by atoms with E-state index in [1.54, 1.807) is 14.2 Å². The quantitative estimate of drug-likeness (QED) is 0.808. The van der Waals surface area contributed by atoms with Crippen LogP contribution in [0, 0.1) is 0 Å². The number of ether oxygens (including phenoxy) is 2. The van der Waals surface area contributed by atoms with E-state index < -0.39 is 0 Å². The molecule has 1 aliphatic rings. The summed E-state index contributed by atoms with van der Waals surface area (Å²) >= 11 is 0. The van der Waals surface area contributed by atoms with Crippen molar-refractivity contribution in [2.75, 3.05) is 20.8 Å². The molecule has 0 saturated carbocycles. The average molecular weight is 344 g/mol. The highest BCUT2D eigenvalue weighted by Gasteiger charge is 2.28. The first-order valence-corrected chi connectivity index (χ1v) is 8.83. The minimum atomic E-state index is -0.0149. The zero-order chi connectivity index (χ0) is 18.0. The molecular weight excluding hydrogens is 316 g/mol. The maximum Gasteiger partial charge on any atom is 0.208 e. The van der Waals surface area contributed by atoms with Gasteiger partial charge in [-0.05, 0) is 37.1 Å². The van der Waals surface area contributed by atoms with Crippen LogP contribution in [-0.2, 0) is 12.0 Å². The van der Waals surface area contributed by atoms with Gasteiger partial charge in [-0.3, -0.25) is 4.90 Å². The van der Waals surface area contributed by atoms with Crippen molar-refractivity contribution in [2.45, 2.75) is 51.6 Å². The normalized spacial score (nSPS) is 18.5. The van der Waals surface area contributed by atoms with E-state index in [1.807, 2.05) is 12.3 Å². The van der Waals surface area contributed by atoms with Crippen LogP contribution in [0.5, 0.6) is 11.5 Å². The maximum atomic E-state index is 5.98. The highest BCUT2D eigenvalue weighted by molar-refractivity contribution is 5.44. The van der Waals surface area contributed by atoms with Gasteiger partial charge in [-0.15, -0.1) is 0 Å². The number of aromatic nitrogens is 1. The number of likely N-dealkylation sites (tertiary alicyclic amines) is 1. The Morgan fingerprint density at radius 3 is 2.60 bits per heavy atom. The Labute approximate surface area is 149 Å². The molecule has 1 atom stereocenters. The van der Waals surface area contributed by atoms with Crippen molar-refractivity contribution in [2.24, 2.45) is 0 Å². The minimum absolute atomic E-state index is 0.0149. The Morgan fingerprint density at radius 2 is 1.96 bits per heavy atom. The third kappa shape index (κ3) is 3.82. The molecule has 1 aromatic carbocycles. The second kappa shape index (κ2) is 7.08. The van der Waals surface area contributed by atoms with Crippen LogP contribution in [0.25, 0.3) is 0 Å². The summed E-state index contributed by atoms with van der Waals surface area (Å²) in [5.74, 6) is 3.26. The average Bonchev–Trinajstić information content (AvgIpc) is 3.23. The molecule has 0 amide bonds. The fourth-order valence-electron chi connectivity index (χ4n) is 3.36. The lowest BCUT2D eigenvalue weighted by molar-refractivity contribution is 0.217. The van der Waals surface area contributed by atoms with Gasteiger partial charge in [0, 0.05) is 11.5 Å². The molecule has 0 unspecified atom stereocenters. The predicted octanol–water partition coefficient (Wildman–Crippen LogP) is 4.33. The fraction of sp³-hybridized carbons (Fsp3) is 0.550. The molecule has 1 saturated heterocycles. The van der Waals surface area contributed by atoms with Gasteiger partial charge in [-0.25, -0.2) is 4.98 Å². The lowest BCUT2D eigenvalue weighted by atomic mass is 9.94. The largest absolute Gasteiger partial charge is 0.493 e. The molecule has 2 heterocycles. The number of hydrogen-bond donors (Lipinski definition) is 0. The van der Waals surface area contributed by atoms with Gasteiger partial charge in [-0.1, -0.05) is 26.8 Å². The van der Waals surface area contributed by atoms with Crippen LogP contribution in [-0.4, -0.2) is 30.6 Å². The number of oxazole rings is 1. The van der Waals surface area contributed by atoms with Gasteiger partial charge >= 0.3 is 0 Å². The van der Waals surface area contributed by atoms with Crippen molar-refractivity contribution in [1.82, 2.24) is 9.88 Å². The van der Waals surface area contributed by atoms with Crippen molar-refractivity contribution in [3.63, 3.8) is 0 Å². The third-order valence-electron chi connectivity index (χ3n) is 4.79. The van der Waals surface area contributed by atoms with Gasteiger partial charge in [-0.2, -0.15) is 0 Å². The number of nitrogens with zero attached hydrogens (tertiary/aromatic N) is 2. The second-order valence-corrected chi connectivity index (χ2v) is 7.61. The van der Waals surface area contributed by atoms with Crippen LogP contribution >= 0.6 is 0 Å². The molecule has 0 N–H and O–H groups in total. The summed E-state index contributed by atoms with van der Waals surface area (Å²) in [6.07, 6.45) is 4.16. The second-order valence-electron chi connectivity index (χ2n) is 7.61. The summed E-state index contributed by atoms with van der Waals surface area (Å²) in [6.45, 7) is 8.19. The van der Waals surface area contributed by atoms with Crippen molar-refractivity contribution in [3.8, 4) is 11.5 Å². The van der Waals surface area contributed by atoms with Gasteiger partial charge in [0.15, 0.2) is 11.5 Å². The lowest BCUT2D eigenvalue weighted by Gasteiger charge is -2.24. The molecule has 0 radical (unpaired) electrons. The van der Waals surface area contributed by atoms with E-state index in [0.717, 1.165) is 42.7 Å². The minimum Gasteiger partial charge on any atom is -0.493 e. The predicted molar refractivity (Wildman–Crippen MR) is 97.1 cm³/mol. The highest BCUT2D eigenvalue weighted by Crippen LogP contribution is 2.37. The first kappa shape index (κ1) is 17.8. The summed E-state index contributed by atoms with van der Waals surface area (Å²) in [7, 11) is 3.34. The molecule has 3 rings (SSSR count). The molecule has 0 bridgehead atoms. The number of hydrogen-bond acceptors (Lipinski definition) is 5. The Balaban J connectivity index is 1.78. The number of rotatable bonds is 5. The van der Waals surface area contributed by atoms with Crippen molar-refractivity contribution < 1.29 is 13.9 Å². The zero-order valence-electron chi connectivity index (χ0n) is 15.8. The van der Waals surface area contributed by atoms with Crippen LogP contribution in [0.4, 0.5) is 0 Å². The van der Waals surface area contributed by atoms with E-state index in [0.29, 0.717) is 6.04 Å². The molecule has 1 aromatic heterocycles. The Bertz CT molecular complexity index is 718. The molecule has 0 spiro atoms. The summed E-state index contributed by atoms with van der Waals surface area (Å²) in [5.41, 5.74) is 1.23.